The van der Waals surface area contributed by atoms with E-state index < -0.39 is 6.10 Å². The number of β-amino-alcohol motifs (C(OH)–C–C–N with tert-alkyl or cyclic N) is 1. The van der Waals surface area contributed by atoms with E-state index in [1.165, 1.54) is 23.3 Å². The van der Waals surface area contributed by atoms with Crippen LogP contribution in [0.15, 0.2) is 72.8 Å². The summed E-state index contributed by atoms with van der Waals surface area (Å²) < 4.78 is 18.9. The van der Waals surface area contributed by atoms with Crippen LogP contribution in [0.1, 0.15) is 29.9 Å². The van der Waals surface area contributed by atoms with Gasteiger partial charge in [-0.15, -0.1) is 0 Å². The van der Waals surface area contributed by atoms with Crippen LogP contribution in [0.3, 0.4) is 0 Å². The molecule has 0 bridgehead atoms. The molecule has 4 heteroatoms. The largest absolute Gasteiger partial charge is 0.491 e. The number of likely N-dealkylation sites (tertiary alicyclic amines) is 1. The molecule has 3 aromatic carbocycles. The molecule has 0 radical (unpaired) electrons. The summed E-state index contributed by atoms with van der Waals surface area (Å²) in [7, 11) is 0. The van der Waals surface area contributed by atoms with Crippen LogP contribution in [0.25, 0.3) is 11.1 Å². The average molecular weight is 420 g/mol. The minimum Gasteiger partial charge on any atom is -0.491 e. The molecule has 1 atom stereocenters. The summed E-state index contributed by atoms with van der Waals surface area (Å²) in [6.45, 7) is 5.08. The maximum atomic E-state index is 13.2. The topological polar surface area (TPSA) is 32.7 Å². The van der Waals surface area contributed by atoms with Gasteiger partial charge in [0.15, 0.2) is 0 Å². The fourth-order valence-corrected chi connectivity index (χ4v) is 4.44. The van der Waals surface area contributed by atoms with Crippen molar-refractivity contribution in [1.29, 1.82) is 0 Å². The molecule has 0 spiro atoms. The summed E-state index contributed by atoms with van der Waals surface area (Å²) in [6, 6.07) is 22.9. The second-order valence-electron chi connectivity index (χ2n) is 8.43. The highest BCUT2D eigenvalue weighted by atomic mass is 19.1. The van der Waals surface area contributed by atoms with Crippen LogP contribution in [0.2, 0.25) is 0 Å². The van der Waals surface area contributed by atoms with Crippen molar-refractivity contribution >= 4 is 0 Å². The zero-order chi connectivity index (χ0) is 21.6. The maximum absolute atomic E-state index is 13.2. The number of piperidine rings is 1. The summed E-state index contributed by atoms with van der Waals surface area (Å²) >= 11 is 0. The first-order chi connectivity index (χ1) is 15.1. The lowest BCUT2D eigenvalue weighted by atomic mass is 9.85. The van der Waals surface area contributed by atoms with Crippen molar-refractivity contribution < 1.29 is 14.2 Å². The Hall–Kier alpha value is -2.69. The van der Waals surface area contributed by atoms with E-state index in [1.807, 2.05) is 42.5 Å². The minimum absolute atomic E-state index is 0.208. The summed E-state index contributed by atoms with van der Waals surface area (Å²) in [5.41, 5.74) is 4.85. The van der Waals surface area contributed by atoms with E-state index in [2.05, 4.69) is 30.0 Å². The number of hydrogen-bond acceptors (Lipinski definition) is 3. The van der Waals surface area contributed by atoms with E-state index in [0.29, 0.717) is 19.1 Å². The van der Waals surface area contributed by atoms with Gasteiger partial charge in [0.25, 0.3) is 0 Å². The SMILES string of the molecule is Cc1cc(-c2ccc(F)cc2)ccc1C1CCN(CC(O)COc2ccccc2)CC1. The molecule has 1 aliphatic rings. The van der Waals surface area contributed by atoms with Gasteiger partial charge in [0.05, 0.1) is 0 Å². The molecular formula is C27H30FNO2. The second-order valence-corrected chi connectivity index (χ2v) is 8.43. The third-order valence-corrected chi connectivity index (χ3v) is 6.13. The zero-order valence-corrected chi connectivity index (χ0v) is 18.0. The predicted octanol–water partition coefficient (Wildman–Crippen LogP) is 5.42. The number of ether oxygens (including phenoxy) is 1. The number of benzene rings is 3. The standard InChI is InChI=1S/C27H30FNO2/c1-20-17-23(21-7-10-24(28)11-8-21)9-12-27(20)22-13-15-29(16-14-22)18-25(30)19-31-26-5-3-2-4-6-26/h2-12,17,22,25,30H,13-16,18-19H2,1H3. The molecule has 0 aromatic heterocycles. The maximum Gasteiger partial charge on any atom is 0.123 e. The highest BCUT2D eigenvalue weighted by Crippen LogP contribution is 2.32. The van der Waals surface area contributed by atoms with E-state index in [4.69, 9.17) is 4.74 Å². The van der Waals surface area contributed by atoms with Gasteiger partial charge in [-0.2, -0.15) is 0 Å². The Labute approximate surface area is 184 Å². The van der Waals surface area contributed by atoms with E-state index in [1.54, 1.807) is 0 Å². The van der Waals surface area contributed by atoms with Crippen LogP contribution >= 0.6 is 0 Å². The molecule has 1 unspecified atom stereocenters. The quantitative estimate of drug-likeness (QED) is 0.555. The lowest BCUT2D eigenvalue weighted by molar-refractivity contribution is 0.0594. The molecule has 1 saturated heterocycles. The Morgan fingerprint density at radius 3 is 2.32 bits per heavy atom. The number of rotatable bonds is 7. The molecule has 1 N–H and O–H groups in total. The summed E-state index contributed by atoms with van der Waals surface area (Å²) in [4.78, 5) is 2.33. The van der Waals surface area contributed by atoms with Gasteiger partial charge < -0.3 is 14.7 Å². The van der Waals surface area contributed by atoms with Gasteiger partial charge in [0.2, 0.25) is 0 Å². The number of aliphatic hydroxyl groups excluding tert-OH is 1. The van der Waals surface area contributed by atoms with Crippen molar-refractivity contribution in [2.24, 2.45) is 0 Å². The molecule has 31 heavy (non-hydrogen) atoms. The highest BCUT2D eigenvalue weighted by molar-refractivity contribution is 5.65. The third kappa shape index (κ3) is 5.72. The van der Waals surface area contributed by atoms with Gasteiger partial charge in [-0.1, -0.05) is 48.5 Å². The van der Waals surface area contributed by atoms with Crippen molar-refractivity contribution in [2.75, 3.05) is 26.2 Å². The van der Waals surface area contributed by atoms with E-state index in [-0.39, 0.29) is 5.82 Å². The molecule has 3 aromatic rings. The molecular weight excluding hydrogens is 389 g/mol. The zero-order valence-electron chi connectivity index (χ0n) is 18.0. The van der Waals surface area contributed by atoms with Crippen molar-refractivity contribution in [3.8, 4) is 16.9 Å². The number of halogens is 1. The predicted molar refractivity (Wildman–Crippen MR) is 123 cm³/mol. The smallest absolute Gasteiger partial charge is 0.123 e. The lowest BCUT2D eigenvalue weighted by Gasteiger charge is -2.34. The molecule has 1 heterocycles. The monoisotopic (exact) mass is 419 g/mol. The van der Waals surface area contributed by atoms with Crippen molar-refractivity contribution in [3.63, 3.8) is 0 Å². The van der Waals surface area contributed by atoms with Gasteiger partial charge in [0.1, 0.15) is 24.3 Å². The fourth-order valence-electron chi connectivity index (χ4n) is 4.44. The van der Waals surface area contributed by atoms with E-state index >= 15 is 0 Å². The molecule has 0 saturated carbocycles. The summed E-state index contributed by atoms with van der Waals surface area (Å²) in [5.74, 6) is 1.12. The number of nitrogens with zero attached hydrogens (tertiary/aromatic N) is 1. The average Bonchev–Trinajstić information content (AvgIpc) is 2.79. The lowest BCUT2D eigenvalue weighted by Crippen LogP contribution is -2.40. The third-order valence-electron chi connectivity index (χ3n) is 6.13. The minimum atomic E-state index is -0.492. The Balaban J connectivity index is 1.28. The summed E-state index contributed by atoms with van der Waals surface area (Å²) in [5, 5.41) is 10.4. The van der Waals surface area contributed by atoms with Gasteiger partial charge in [-0.25, -0.2) is 4.39 Å². The first kappa shape index (κ1) is 21.5. The van der Waals surface area contributed by atoms with Gasteiger partial charge in [-0.05, 0) is 85.3 Å². The fraction of sp³-hybridized carbons (Fsp3) is 0.333. The molecule has 3 nitrogen and oxygen atoms in total. The van der Waals surface area contributed by atoms with E-state index in [0.717, 1.165) is 42.8 Å². The molecule has 4 rings (SSSR count). The normalized spacial score (nSPS) is 16.2. The van der Waals surface area contributed by atoms with Crippen LogP contribution in [0.4, 0.5) is 4.39 Å². The Morgan fingerprint density at radius 1 is 0.968 bits per heavy atom. The molecule has 0 aliphatic carbocycles. The number of aliphatic hydroxyl groups is 1. The van der Waals surface area contributed by atoms with Gasteiger partial charge in [0, 0.05) is 6.54 Å². The van der Waals surface area contributed by atoms with Crippen LogP contribution in [-0.4, -0.2) is 42.4 Å². The number of aryl methyl sites for hydroxylation is 1. The Kier molecular flexibility index (Phi) is 7.00. The first-order valence-corrected chi connectivity index (χ1v) is 11.0. The van der Waals surface area contributed by atoms with Gasteiger partial charge in [-0.3, -0.25) is 0 Å². The van der Waals surface area contributed by atoms with E-state index in [9.17, 15) is 9.50 Å². The number of hydrogen-bond donors (Lipinski definition) is 1. The second kappa shape index (κ2) is 10.1. The number of para-hydroxylation sites is 1. The molecule has 1 fully saturated rings. The van der Waals surface area contributed by atoms with Crippen molar-refractivity contribution in [2.45, 2.75) is 31.8 Å². The molecule has 0 amide bonds. The highest BCUT2D eigenvalue weighted by Gasteiger charge is 2.23. The Morgan fingerprint density at radius 2 is 1.65 bits per heavy atom. The van der Waals surface area contributed by atoms with Crippen LogP contribution in [0.5, 0.6) is 5.75 Å². The molecule has 162 valence electrons. The van der Waals surface area contributed by atoms with Crippen molar-refractivity contribution in [1.82, 2.24) is 4.90 Å². The van der Waals surface area contributed by atoms with Crippen LogP contribution in [-0.2, 0) is 0 Å². The Bertz CT molecular complexity index is 966. The summed E-state index contributed by atoms with van der Waals surface area (Å²) in [6.07, 6.45) is 1.68. The van der Waals surface area contributed by atoms with Crippen molar-refractivity contribution in [3.05, 3.63) is 89.7 Å². The van der Waals surface area contributed by atoms with Crippen LogP contribution in [0, 0.1) is 12.7 Å². The molecule has 1 aliphatic heterocycles. The first-order valence-electron chi connectivity index (χ1n) is 11.0. The van der Waals surface area contributed by atoms with Crippen LogP contribution < -0.4 is 4.74 Å². The van der Waals surface area contributed by atoms with Gasteiger partial charge >= 0.3 is 0 Å².